The van der Waals surface area contributed by atoms with Crippen molar-refractivity contribution in [3.8, 4) is 6.01 Å². The molecule has 10 nitrogen and oxygen atoms in total. The number of benzene rings is 1. The normalized spacial score (nSPS) is 24.7. The van der Waals surface area contributed by atoms with Crippen molar-refractivity contribution in [3.05, 3.63) is 53.3 Å². The van der Waals surface area contributed by atoms with Crippen LogP contribution in [0.25, 0.3) is 0 Å². The molecule has 0 radical (unpaired) electrons. The van der Waals surface area contributed by atoms with Crippen LogP contribution in [0.3, 0.4) is 0 Å². The molecule has 7 aliphatic rings. The molecule has 1 amide bonds. The Morgan fingerprint density at radius 1 is 0.976 bits per heavy atom. The fraction of sp³-hybridized carbons (Fsp3) is 0.517. The van der Waals surface area contributed by atoms with E-state index < -0.39 is 18.8 Å². The SMILES string of the molecule is O=C1c2ccc(cc2)Nc2nc(nc(OCC(F)(F)F)n2)NCC2=CC=C(CC2)OCCCN2CCC3(CCN1C3)C2. The summed E-state index contributed by atoms with van der Waals surface area (Å²) in [5.74, 6) is 1.02. The summed E-state index contributed by atoms with van der Waals surface area (Å²) in [6.45, 7) is 4.04. The Morgan fingerprint density at radius 2 is 1.79 bits per heavy atom. The van der Waals surface area contributed by atoms with E-state index in [9.17, 15) is 18.0 Å². The predicted molar refractivity (Wildman–Crippen MR) is 150 cm³/mol. The molecule has 224 valence electrons. The maximum Gasteiger partial charge on any atom is 0.422 e. The van der Waals surface area contributed by atoms with Crippen LogP contribution in [0.15, 0.2) is 47.7 Å². The third-order valence-electron chi connectivity index (χ3n) is 8.19. The van der Waals surface area contributed by atoms with Gasteiger partial charge < -0.3 is 29.9 Å². The Kier molecular flexibility index (Phi) is 7.93. The molecule has 9 rings (SSSR count). The molecule has 2 N–H and O–H groups in total. The number of carbonyl (C=O) groups is 1. The molecule has 2 aromatic rings. The number of hydrogen-bond acceptors (Lipinski definition) is 9. The van der Waals surface area contributed by atoms with Crippen molar-refractivity contribution in [2.45, 2.75) is 38.3 Å². The number of nitrogens with zero attached hydrogens (tertiary/aromatic N) is 5. The topological polar surface area (TPSA) is 105 Å². The van der Waals surface area contributed by atoms with E-state index in [1.807, 2.05) is 17.1 Å². The average Bonchev–Trinajstić information content (AvgIpc) is 3.59. The van der Waals surface area contributed by atoms with Crippen molar-refractivity contribution < 1.29 is 27.4 Å². The lowest BCUT2D eigenvalue weighted by Crippen LogP contribution is -2.34. The van der Waals surface area contributed by atoms with Crippen molar-refractivity contribution in [1.29, 1.82) is 0 Å². The molecule has 1 aromatic heterocycles. The number of rotatable bonds is 2. The number of amides is 1. The zero-order valence-corrected chi connectivity index (χ0v) is 23.3. The summed E-state index contributed by atoms with van der Waals surface area (Å²) in [4.78, 5) is 30.1. The molecule has 7 heterocycles. The predicted octanol–water partition coefficient (Wildman–Crippen LogP) is 4.53. The van der Waals surface area contributed by atoms with Crippen LogP contribution in [0.2, 0.25) is 0 Å². The molecule has 0 saturated carbocycles. The number of aromatic nitrogens is 3. The van der Waals surface area contributed by atoms with Crippen LogP contribution in [-0.4, -0.2) is 89.3 Å². The first-order chi connectivity index (χ1) is 20.2. The van der Waals surface area contributed by atoms with Crippen LogP contribution < -0.4 is 15.4 Å². The minimum Gasteiger partial charge on any atom is -0.498 e. The van der Waals surface area contributed by atoms with Crippen molar-refractivity contribution in [2.75, 3.05) is 63.1 Å². The van der Waals surface area contributed by atoms with E-state index in [0.717, 1.165) is 76.2 Å². The highest BCUT2D eigenvalue weighted by Crippen LogP contribution is 2.40. The minimum absolute atomic E-state index is 0.00755. The van der Waals surface area contributed by atoms with Gasteiger partial charge in [-0.05, 0) is 62.6 Å². The van der Waals surface area contributed by atoms with E-state index in [1.54, 1.807) is 24.3 Å². The Balaban J connectivity index is 1.24. The second kappa shape index (κ2) is 11.8. The highest BCUT2D eigenvalue weighted by molar-refractivity contribution is 5.94. The molecule has 2 fully saturated rings. The van der Waals surface area contributed by atoms with E-state index in [1.165, 1.54) is 0 Å². The molecular formula is C29H34F3N7O3. The van der Waals surface area contributed by atoms with Crippen molar-refractivity contribution >= 4 is 23.5 Å². The largest absolute Gasteiger partial charge is 0.498 e. The molecule has 42 heavy (non-hydrogen) atoms. The summed E-state index contributed by atoms with van der Waals surface area (Å²) < 4.78 is 49.3. The molecule has 2 atom stereocenters. The summed E-state index contributed by atoms with van der Waals surface area (Å²) in [6.07, 6.45) is 4.00. The Hall–Kier alpha value is -3.87. The number of anilines is 3. The zero-order valence-electron chi connectivity index (χ0n) is 23.3. The summed E-state index contributed by atoms with van der Waals surface area (Å²) in [5.41, 5.74) is 2.37. The molecule has 13 heteroatoms. The smallest absolute Gasteiger partial charge is 0.422 e. The quantitative estimate of drug-likeness (QED) is 0.526. The second-order valence-corrected chi connectivity index (χ2v) is 11.4. The zero-order chi connectivity index (χ0) is 29.2. The maximum atomic E-state index is 13.3. The Morgan fingerprint density at radius 3 is 2.57 bits per heavy atom. The van der Waals surface area contributed by atoms with Crippen molar-refractivity contribution in [2.24, 2.45) is 5.41 Å². The molecule has 1 spiro atoms. The van der Waals surface area contributed by atoms with Crippen molar-refractivity contribution in [3.63, 3.8) is 0 Å². The molecule has 2 unspecified atom stereocenters. The van der Waals surface area contributed by atoms with Gasteiger partial charge in [0.2, 0.25) is 11.9 Å². The number of ether oxygens (including phenoxy) is 2. The lowest BCUT2D eigenvalue weighted by molar-refractivity contribution is -0.154. The molecule has 9 bridgehead atoms. The number of allylic oxidation sites excluding steroid dienone is 3. The molecular weight excluding hydrogens is 551 g/mol. The van der Waals surface area contributed by atoms with Crippen LogP contribution in [0.1, 0.15) is 42.5 Å². The van der Waals surface area contributed by atoms with Gasteiger partial charge in [-0.25, -0.2) is 0 Å². The van der Waals surface area contributed by atoms with Crippen LogP contribution in [0.5, 0.6) is 6.01 Å². The maximum absolute atomic E-state index is 13.3. The van der Waals surface area contributed by atoms with Gasteiger partial charge in [-0.1, -0.05) is 11.6 Å². The first-order valence-corrected chi connectivity index (χ1v) is 14.3. The van der Waals surface area contributed by atoms with E-state index in [0.29, 0.717) is 24.4 Å². The first kappa shape index (κ1) is 28.3. The Labute approximate surface area is 242 Å². The fourth-order valence-electron chi connectivity index (χ4n) is 5.98. The summed E-state index contributed by atoms with van der Waals surface area (Å²) in [6, 6.07) is 6.45. The molecule has 2 saturated heterocycles. The van der Waals surface area contributed by atoms with E-state index in [2.05, 4.69) is 30.5 Å². The number of halogens is 3. The number of hydrogen-bond donors (Lipinski definition) is 2. The highest BCUT2D eigenvalue weighted by Gasteiger charge is 2.44. The van der Waals surface area contributed by atoms with Gasteiger partial charge in [0.15, 0.2) is 6.61 Å². The standard InChI is InChI=1S/C29H34F3N7O3/c30-29(31,32)19-42-27-36-25-33-16-20-2-8-23(9-3-20)41-15-1-12-38-13-10-28(17-38)11-14-39(18-28)24(40)21-4-6-22(7-5-21)34-26(35-25)37-27/h2,4-8H,1,3,9-19H2,(H2,33,34,35,36,37). The van der Waals surface area contributed by atoms with Gasteiger partial charge in [-0.15, -0.1) is 0 Å². The molecule has 1 aliphatic carbocycles. The third-order valence-corrected chi connectivity index (χ3v) is 8.19. The fourth-order valence-corrected chi connectivity index (χ4v) is 5.98. The minimum atomic E-state index is -4.54. The number of nitrogens with one attached hydrogen (secondary N) is 2. The van der Waals surface area contributed by atoms with E-state index in [-0.39, 0.29) is 23.2 Å². The van der Waals surface area contributed by atoms with E-state index in [4.69, 9.17) is 9.47 Å². The van der Waals surface area contributed by atoms with Crippen LogP contribution in [-0.2, 0) is 4.74 Å². The van der Waals surface area contributed by atoms with Gasteiger partial charge in [0.25, 0.3) is 5.91 Å². The van der Waals surface area contributed by atoms with Crippen molar-refractivity contribution in [1.82, 2.24) is 24.8 Å². The number of alkyl halides is 3. The van der Waals surface area contributed by atoms with Gasteiger partial charge in [0.05, 0.1) is 12.4 Å². The van der Waals surface area contributed by atoms with Crippen LogP contribution >= 0.6 is 0 Å². The van der Waals surface area contributed by atoms with Gasteiger partial charge in [-0.2, -0.15) is 28.1 Å². The van der Waals surface area contributed by atoms with Gasteiger partial charge in [-0.3, -0.25) is 4.79 Å². The summed E-state index contributed by atoms with van der Waals surface area (Å²) in [5, 5.41) is 6.06. The monoisotopic (exact) mass is 585 g/mol. The van der Waals surface area contributed by atoms with Crippen LogP contribution in [0.4, 0.5) is 30.8 Å². The lowest BCUT2D eigenvalue weighted by atomic mass is 9.86. The average molecular weight is 586 g/mol. The third kappa shape index (κ3) is 6.94. The molecule has 6 aliphatic heterocycles. The lowest BCUT2D eigenvalue weighted by Gasteiger charge is -2.25. The second-order valence-electron chi connectivity index (χ2n) is 11.4. The summed E-state index contributed by atoms with van der Waals surface area (Å²) in [7, 11) is 0. The van der Waals surface area contributed by atoms with Gasteiger partial charge in [0.1, 0.15) is 0 Å². The molecule has 1 aromatic carbocycles. The Bertz CT molecular complexity index is 1370. The summed E-state index contributed by atoms with van der Waals surface area (Å²) >= 11 is 0. The first-order valence-electron chi connectivity index (χ1n) is 14.3. The van der Waals surface area contributed by atoms with E-state index >= 15 is 0 Å². The van der Waals surface area contributed by atoms with Crippen LogP contribution in [0, 0.1) is 5.41 Å². The van der Waals surface area contributed by atoms with Gasteiger partial charge in [0, 0.05) is 55.8 Å². The highest BCUT2D eigenvalue weighted by atomic mass is 19.4. The van der Waals surface area contributed by atoms with Gasteiger partial charge >= 0.3 is 12.2 Å². The number of carbonyl (C=O) groups excluding carboxylic acids is 1.